The molecule has 0 unspecified atom stereocenters. The lowest BCUT2D eigenvalue weighted by Gasteiger charge is -2.27. The number of hydrazine groups is 1. The third-order valence-corrected chi connectivity index (χ3v) is 2.46. The molecule has 0 bridgehead atoms. The van der Waals surface area contributed by atoms with Gasteiger partial charge in [-0.3, -0.25) is 21.0 Å². The van der Waals surface area contributed by atoms with Gasteiger partial charge < -0.3 is 16.8 Å². The van der Waals surface area contributed by atoms with Crippen molar-refractivity contribution < 1.29 is 4.79 Å². The van der Waals surface area contributed by atoms with Crippen molar-refractivity contribution in [3.8, 4) is 0 Å². The molecule has 19 heavy (non-hydrogen) atoms. The second-order valence-corrected chi connectivity index (χ2v) is 4.19. The Morgan fingerprint density at radius 1 is 1.32 bits per heavy atom. The Morgan fingerprint density at radius 3 is 2.47 bits per heavy atom. The summed E-state index contributed by atoms with van der Waals surface area (Å²) < 4.78 is 0. The van der Waals surface area contributed by atoms with Gasteiger partial charge in [0, 0.05) is 13.1 Å². The first-order chi connectivity index (χ1) is 9.01. The third kappa shape index (κ3) is 8.83. The van der Waals surface area contributed by atoms with Crippen molar-refractivity contribution in [1.82, 2.24) is 15.8 Å². The quantitative estimate of drug-likeness (QED) is 0.133. The molecule has 0 fully saturated rings. The molecule has 8 nitrogen and oxygen atoms in total. The van der Waals surface area contributed by atoms with E-state index < -0.39 is 6.04 Å². The first-order valence-corrected chi connectivity index (χ1v) is 6.34. The highest BCUT2D eigenvalue weighted by Crippen LogP contribution is 2.05. The van der Waals surface area contributed by atoms with Gasteiger partial charge in [0.05, 0.1) is 6.04 Å². The molecule has 0 aliphatic carbocycles. The maximum absolute atomic E-state index is 11.0. The maximum atomic E-state index is 11.0. The van der Waals surface area contributed by atoms with Crippen LogP contribution in [0.4, 0.5) is 0 Å². The number of nitrogens with two attached hydrogens (primary N) is 2. The maximum Gasteiger partial charge on any atom is 0.219 e. The highest BCUT2D eigenvalue weighted by molar-refractivity contribution is 5.74. The highest BCUT2D eigenvalue weighted by atomic mass is 16.1. The predicted octanol–water partition coefficient (Wildman–Crippen LogP) is -0.772. The summed E-state index contributed by atoms with van der Waals surface area (Å²) in [6, 6.07) is -0.429. The van der Waals surface area contributed by atoms with E-state index in [0.717, 1.165) is 19.3 Å². The normalized spacial score (nSPS) is 11.9. The summed E-state index contributed by atoms with van der Waals surface area (Å²) >= 11 is 0. The number of unbranched alkanes of at least 4 members (excludes halogenated alkanes) is 1. The van der Waals surface area contributed by atoms with E-state index in [-0.39, 0.29) is 11.9 Å². The van der Waals surface area contributed by atoms with Crippen molar-refractivity contribution in [3.63, 3.8) is 0 Å². The van der Waals surface area contributed by atoms with Crippen LogP contribution in [0.3, 0.4) is 0 Å². The summed E-state index contributed by atoms with van der Waals surface area (Å²) in [4.78, 5) is 11.0. The van der Waals surface area contributed by atoms with Crippen LogP contribution in [-0.4, -0.2) is 42.3 Å². The van der Waals surface area contributed by atoms with E-state index in [1.54, 1.807) is 5.01 Å². The number of guanidine groups is 2. The van der Waals surface area contributed by atoms with Gasteiger partial charge in [0.25, 0.3) is 0 Å². The number of hydrogen-bond donors (Lipinski definition) is 6. The van der Waals surface area contributed by atoms with E-state index in [1.165, 1.54) is 0 Å². The van der Waals surface area contributed by atoms with Crippen molar-refractivity contribution in [3.05, 3.63) is 0 Å². The first kappa shape index (κ1) is 17.2. The van der Waals surface area contributed by atoms with Gasteiger partial charge in [0.2, 0.25) is 12.2 Å². The summed E-state index contributed by atoms with van der Waals surface area (Å²) in [6.45, 7) is 3.20. The number of rotatable bonds is 10. The Bertz CT molecular complexity index is 295. The number of nitrogens with zero attached hydrogens (tertiary/aromatic N) is 1. The summed E-state index contributed by atoms with van der Waals surface area (Å²) in [5.41, 5.74) is 13.1. The molecule has 8 heteroatoms. The summed E-state index contributed by atoms with van der Waals surface area (Å²) in [6.07, 6.45) is 5.01. The zero-order valence-electron chi connectivity index (χ0n) is 11.3. The Balaban J connectivity index is 4.09. The summed E-state index contributed by atoms with van der Waals surface area (Å²) in [7, 11) is 0. The van der Waals surface area contributed by atoms with Crippen LogP contribution in [0.25, 0.3) is 0 Å². The predicted molar refractivity (Wildman–Crippen MR) is 75.3 cm³/mol. The average molecular weight is 270 g/mol. The van der Waals surface area contributed by atoms with Gasteiger partial charge in [-0.1, -0.05) is 6.92 Å². The van der Waals surface area contributed by atoms with Crippen LogP contribution in [0, 0.1) is 10.8 Å². The van der Waals surface area contributed by atoms with Gasteiger partial charge >= 0.3 is 0 Å². The Labute approximate surface area is 113 Å². The van der Waals surface area contributed by atoms with Crippen molar-refractivity contribution >= 4 is 18.2 Å². The molecule has 1 radical (unpaired) electrons. The molecular weight excluding hydrogens is 246 g/mol. The molecule has 0 heterocycles. The van der Waals surface area contributed by atoms with Crippen LogP contribution in [0.2, 0.25) is 0 Å². The SMILES string of the molecule is CCCN(NC(=N)N)[C@H]([C]=O)CCCCNC(=N)N. The number of nitrogens with one attached hydrogen (secondary N) is 4. The molecule has 8 N–H and O–H groups in total. The fourth-order valence-corrected chi connectivity index (χ4v) is 1.65. The molecule has 0 aliphatic heterocycles. The molecule has 109 valence electrons. The van der Waals surface area contributed by atoms with Crippen molar-refractivity contribution in [2.45, 2.75) is 38.6 Å². The molecule has 0 aromatic rings. The van der Waals surface area contributed by atoms with E-state index in [4.69, 9.17) is 22.3 Å². The lowest BCUT2D eigenvalue weighted by atomic mass is 10.1. The second-order valence-electron chi connectivity index (χ2n) is 4.19. The lowest BCUT2D eigenvalue weighted by molar-refractivity contribution is 0.188. The standard InChI is InChI=1S/C11H24N7O/c1-2-7-18(17-11(14)15)9(8-19)5-3-4-6-16-10(12)13/h9H,2-7H2,1H3,(H4,12,13,16)(H4,14,15,17)/t9-/m0/s1. The van der Waals surface area contributed by atoms with E-state index in [9.17, 15) is 4.79 Å². The fraction of sp³-hybridized carbons (Fsp3) is 0.727. The fourth-order valence-electron chi connectivity index (χ4n) is 1.65. The highest BCUT2D eigenvalue weighted by Gasteiger charge is 2.18. The molecule has 0 spiro atoms. The Kier molecular flexibility index (Phi) is 9.15. The van der Waals surface area contributed by atoms with Gasteiger partial charge in [0.15, 0.2) is 5.96 Å². The summed E-state index contributed by atoms with van der Waals surface area (Å²) in [5, 5.41) is 18.5. The zero-order valence-corrected chi connectivity index (χ0v) is 11.3. The molecule has 0 aromatic heterocycles. The first-order valence-electron chi connectivity index (χ1n) is 6.34. The van der Waals surface area contributed by atoms with Crippen LogP contribution in [0.5, 0.6) is 0 Å². The van der Waals surface area contributed by atoms with Crippen molar-refractivity contribution in [2.24, 2.45) is 11.5 Å². The Morgan fingerprint density at radius 2 is 2.00 bits per heavy atom. The van der Waals surface area contributed by atoms with Crippen LogP contribution < -0.4 is 22.2 Å². The number of carbonyl (C=O) groups excluding carboxylic acids is 1. The zero-order chi connectivity index (χ0) is 14.7. The molecule has 1 atom stereocenters. The van der Waals surface area contributed by atoms with Crippen molar-refractivity contribution in [1.29, 1.82) is 10.8 Å². The average Bonchev–Trinajstić information content (AvgIpc) is 2.32. The molecule has 0 aromatic carbocycles. The monoisotopic (exact) mass is 270 g/mol. The van der Waals surface area contributed by atoms with Crippen LogP contribution >= 0.6 is 0 Å². The van der Waals surface area contributed by atoms with Crippen LogP contribution in [-0.2, 0) is 4.79 Å². The minimum absolute atomic E-state index is 0.0515. The van der Waals surface area contributed by atoms with Gasteiger partial charge in [-0.05, 0) is 25.7 Å². The topological polar surface area (TPSA) is 144 Å². The van der Waals surface area contributed by atoms with E-state index in [2.05, 4.69) is 10.7 Å². The van der Waals surface area contributed by atoms with Crippen LogP contribution in [0.15, 0.2) is 0 Å². The molecular formula is C11H24N7O. The molecule has 0 saturated carbocycles. The van der Waals surface area contributed by atoms with E-state index >= 15 is 0 Å². The smallest absolute Gasteiger partial charge is 0.219 e. The second kappa shape index (κ2) is 10.1. The van der Waals surface area contributed by atoms with E-state index in [1.807, 2.05) is 13.2 Å². The van der Waals surface area contributed by atoms with Crippen molar-refractivity contribution in [2.75, 3.05) is 13.1 Å². The Hall–Kier alpha value is -1.83. The molecule has 0 aliphatic rings. The minimum atomic E-state index is -0.429. The van der Waals surface area contributed by atoms with Gasteiger partial charge in [-0.15, -0.1) is 0 Å². The minimum Gasteiger partial charge on any atom is -0.370 e. The largest absolute Gasteiger partial charge is 0.370 e. The molecule has 0 amide bonds. The lowest BCUT2D eigenvalue weighted by Crippen LogP contribution is -2.51. The van der Waals surface area contributed by atoms with E-state index in [0.29, 0.717) is 19.5 Å². The summed E-state index contributed by atoms with van der Waals surface area (Å²) in [5.74, 6) is -0.240. The molecule has 0 rings (SSSR count). The molecule has 0 saturated heterocycles. The van der Waals surface area contributed by atoms with Crippen LogP contribution in [0.1, 0.15) is 32.6 Å². The van der Waals surface area contributed by atoms with Gasteiger partial charge in [-0.2, -0.15) is 0 Å². The number of hydrogen-bond acceptors (Lipinski definition) is 4. The van der Waals surface area contributed by atoms with Gasteiger partial charge in [-0.25, -0.2) is 5.01 Å². The van der Waals surface area contributed by atoms with Gasteiger partial charge in [0.1, 0.15) is 0 Å². The third-order valence-electron chi connectivity index (χ3n) is 2.46.